The quantitative estimate of drug-likeness (QED) is 0.548. The average molecular weight is 410 g/mol. The van der Waals surface area contributed by atoms with Gasteiger partial charge in [0.2, 0.25) is 0 Å². The molecule has 1 amide bonds. The summed E-state index contributed by atoms with van der Waals surface area (Å²) in [5, 5.41) is 2.73. The summed E-state index contributed by atoms with van der Waals surface area (Å²) in [7, 11) is 1.54. The molecule has 2 aromatic carbocycles. The van der Waals surface area contributed by atoms with Crippen LogP contribution in [-0.4, -0.2) is 19.6 Å². The first-order chi connectivity index (χ1) is 13.0. The molecule has 3 aromatic rings. The Labute approximate surface area is 163 Å². The highest BCUT2D eigenvalue weighted by Crippen LogP contribution is 2.35. The number of hydrogen-bond acceptors (Lipinski definition) is 4. The molecule has 0 unspecified atom stereocenters. The minimum Gasteiger partial charge on any atom is -0.497 e. The van der Waals surface area contributed by atoms with Gasteiger partial charge < -0.3 is 14.8 Å². The minimum atomic E-state index is -2.96. The lowest BCUT2D eigenvalue weighted by atomic mass is 10.0. The molecule has 0 saturated heterocycles. The molecule has 0 bridgehead atoms. The number of benzene rings is 2. The van der Waals surface area contributed by atoms with Gasteiger partial charge >= 0.3 is 6.61 Å². The third kappa shape index (κ3) is 4.75. The second-order valence-corrected chi connectivity index (χ2v) is 7.09. The molecule has 3 rings (SSSR count). The fraction of sp³-hybridized carbons (Fsp3) is 0.105. The van der Waals surface area contributed by atoms with Crippen LogP contribution in [0.2, 0.25) is 4.34 Å². The molecule has 4 nitrogen and oxygen atoms in total. The van der Waals surface area contributed by atoms with E-state index in [0.717, 1.165) is 11.3 Å². The van der Waals surface area contributed by atoms with Crippen LogP contribution in [-0.2, 0) is 0 Å². The van der Waals surface area contributed by atoms with Gasteiger partial charge in [0.25, 0.3) is 5.91 Å². The molecule has 27 heavy (non-hydrogen) atoms. The van der Waals surface area contributed by atoms with Crippen LogP contribution in [0.4, 0.5) is 14.5 Å². The summed E-state index contributed by atoms with van der Waals surface area (Å²) >= 11 is 6.99. The van der Waals surface area contributed by atoms with Gasteiger partial charge in [0.1, 0.15) is 11.5 Å². The minimum absolute atomic E-state index is 0.00679. The van der Waals surface area contributed by atoms with Crippen molar-refractivity contribution in [2.24, 2.45) is 0 Å². The normalized spacial score (nSPS) is 10.7. The van der Waals surface area contributed by atoms with Crippen molar-refractivity contribution in [1.29, 1.82) is 0 Å². The van der Waals surface area contributed by atoms with E-state index >= 15 is 0 Å². The van der Waals surface area contributed by atoms with Crippen LogP contribution in [0.25, 0.3) is 11.1 Å². The van der Waals surface area contributed by atoms with Crippen molar-refractivity contribution in [2.45, 2.75) is 6.61 Å². The number of anilines is 1. The largest absolute Gasteiger partial charge is 0.497 e. The number of hydrogen-bond donors (Lipinski definition) is 1. The predicted octanol–water partition coefficient (Wildman–Crippen LogP) is 5.93. The molecular formula is C19H14ClF2NO3S. The second kappa shape index (κ2) is 8.37. The number of nitrogens with one attached hydrogen (secondary N) is 1. The van der Waals surface area contributed by atoms with E-state index in [1.54, 1.807) is 42.5 Å². The molecule has 0 fully saturated rings. The van der Waals surface area contributed by atoms with Crippen molar-refractivity contribution in [1.82, 2.24) is 0 Å². The van der Waals surface area contributed by atoms with E-state index in [1.807, 2.05) is 0 Å². The van der Waals surface area contributed by atoms with Gasteiger partial charge in [-0.3, -0.25) is 4.79 Å². The Balaban J connectivity index is 1.93. The molecule has 0 radical (unpaired) electrons. The monoisotopic (exact) mass is 409 g/mol. The Bertz CT molecular complexity index is 944. The average Bonchev–Trinajstić information content (AvgIpc) is 3.09. The number of halogens is 3. The molecule has 0 aliphatic rings. The summed E-state index contributed by atoms with van der Waals surface area (Å²) in [6.07, 6.45) is 0. The van der Waals surface area contributed by atoms with Gasteiger partial charge in [0, 0.05) is 11.3 Å². The number of methoxy groups -OCH3 is 1. The van der Waals surface area contributed by atoms with Gasteiger partial charge in [-0.05, 0) is 48.0 Å². The Morgan fingerprint density at radius 2 is 1.85 bits per heavy atom. The summed E-state index contributed by atoms with van der Waals surface area (Å²) in [6, 6.07) is 14.6. The summed E-state index contributed by atoms with van der Waals surface area (Å²) in [4.78, 5) is 12.7. The van der Waals surface area contributed by atoms with E-state index in [1.165, 1.54) is 19.2 Å². The van der Waals surface area contributed by atoms with Crippen LogP contribution in [0.15, 0.2) is 54.6 Å². The van der Waals surface area contributed by atoms with Crippen molar-refractivity contribution in [2.75, 3.05) is 12.4 Å². The third-order valence-corrected chi connectivity index (χ3v) is 4.88. The van der Waals surface area contributed by atoms with Gasteiger partial charge in [-0.15, -0.1) is 11.3 Å². The third-order valence-electron chi connectivity index (χ3n) is 3.65. The maximum absolute atomic E-state index is 12.7. The molecule has 0 aliphatic carbocycles. The van der Waals surface area contributed by atoms with Gasteiger partial charge in [-0.25, -0.2) is 0 Å². The van der Waals surface area contributed by atoms with Crippen molar-refractivity contribution >= 4 is 34.5 Å². The van der Waals surface area contributed by atoms with Gasteiger partial charge in [-0.1, -0.05) is 23.7 Å². The lowest BCUT2D eigenvalue weighted by molar-refractivity contribution is -0.0494. The molecule has 0 aliphatic heterocycles. The zero-order chi connectivity index (χ0) is 19.4. The molecule has 1 heterocycles. The highest BCUT2D eigenvalue weighted by Gasteiger charge is 2.15. The zero-order valence-corrected chi connectivity index (χ0v) is 15.6. The fourth-order valence-electron chi connectivity index (χ4n) is 2.43. The first kappa shape index (κ1) is 19.1. The highest BCUT2D eigenvalue weighted by molar-refractivity contribution is 7.18. The van der Waals surface area contributed by atoms with Gasteiger partial charge in [0.15, 0.2) is 0 Å². The van der Waals surface area contributed by atoms with Gasteiger partial charge in [-0.2, -0.15) is 8.78 Å². The number of rotatable bonds is 6. The van der Waals surface area contributed by atoms with Crippen LogP contribution in [0, 0.1) is 0 Å². The Morgan fingerprint density at radius 3 is 2.44 bits per heavy atom. The highest BCUT2D eigenvalue weighted by atomic mass is 35.5. The molecule has 0 saturated carbocycles. The summed E-state index contributed by atoms with van der Waals surface area (Å²) in [6.45, 7) is -2.96. The number of carbonyl (C=O) groups excluding carboxylic acids is 1. The first-order valence-corrected chi connectivity index (χ1v) is 8.95. The van der Waals surface area contributed by atoms with Crippen LogP contribution >= 0.6 is 22.9 Å². The van der Waals surface area contributed by atoms with Crippen LogP contribution in [0.1, 0.15) is 9.67 Å². The van der Waals surface area contributed by atoms with Gasteiger partial charge in [0.05, 0.1) is 16.3 Å². The van der Waals surface area contributed by atoms with E-state index in [-0.39, 0.29) is 11.7 Å². The number of ether oxygens (including phenoxy) is 2. The zero-order valence-electron chi connectivity index (χ0n) is 14.0. The Morgan fingerprint density at radius 1 is 1.11 bits per heavy atom. The lowest BCUT2D eigenvalue weighted by Gasteiger charge is -2.14. The molecule has 8 heteroatoms. The van der Waals surface area contributed by atoms with E-state index in [9.17, 15) is 13.6 Å². The SMILES string of the molecule is COc1ccc(-c2cc(NC(=O)c3ccc(Cl)s3)ccc2OC(F)F)cc1. The van der Waals surface area contributed by atoms with Crippen molar-refractivity contribution in [3.05, 3.63) is 63.8 Å². The summed E-state index contributed by atoms with van der Waals surface area (Å²) in [5.74, 6) is 0.302. The number of thiophene rings is 1. The van der Waals surface area contributed by atoms with Crippen LogP contribution < -0.4 is 14.8 Å². The smallest absolute Gasteiger partial charge is 0.387 e. The topological polar surface area (TPSA) is 47.6 Å². The van der Waals surface area contributed by atoms with Crippen molar-refractivity contribution in [3.8, 4) is 22.6 Å². The van der Waals surface area contributed by atoms with Crippen LogP contribution in [0.5, 0.6) is 11.5 Å². The van der Waals surface area contributed by atoms with E-state index in [0.29, 0.717) is 31.8 Å². The van der Waals surface area contributed by atoms with E-state index in [2.05, 4.69) is 10.1 Å². The molecule has 0 spiro atoms. The first-order valence-electron chi connectivity index (χ1n) is 7.76. The summed E-state index contributed by atoms with van der Waals surface area (Å²) in [5.41, 5.74) is 1.50. The molecule has 1 N–H and O–H groups in total. The molecular weight excluding hydrogens is 396 g/mol. The number of amides is 1. The van der Waals surface area contributed by atoms with Crippen LogP contribution in [0.3, 0.4) is 0 Å². The fourth-order valence-corrected chi connectivity index (χ4v) is 3.37. The number of carbonyl (C=O) groups is 1. The van der Waals surface area contributed by atoms with Crippen molar-refractivity contribution in [3.63, 3.8) is 0 Å². The molecule has 0 atom stereocenters. The predicted molar refractivity (Wildman–Crippen MR) is 102 cm³/mol. The standard InChI is InChI=1S/C19H14ClF2NO3S/c1-25-13-5-2-11(3-6-13)14-10-12(4-7-15(14)26-19(21)22)23-18(24)16-8-9-17(20)27-16/h2-10,19H,1H3,(H,23,24). The maximum atomic E-state index is 12.7. The molecule has 140 valence electrons. The van der Waals surface area contributed by atoms with Crippen molar-refractivity contribution < 1.29 is 23.0 Å². The maximum Gasteiger partial charge on any atom is 0.387 e. The Hall–Kier alpha value is -2.64. The Kier molecular flexibility index (Phi) is 5.93. The molecule has 1 aromatic heterocycles. The van der Waals surface area contributed by atoms with E-state index < -0.39 is 6.61 Å². The van der Waals surface area contributed by atoms with E-state index in [4.69, 9.17) is 16.3 Å². The number of alkyl halides is 2. The second-order valence-electron chi connectivity index (χ2n) is 5.38. The summed E-state index contributed by atoms with van der Waals surface area (Å²) < 4.78 is 35.7. The lowest BCUT2D eigenvalue weighted by Crippen LogP contribution is -2.10.